The zero-order valence-corrected chi connectivity index (χ0v) is 20.3. The number of ether oxygens (including phenoxy) is 1. The van der Waals surface area contributed by atoms with Gasteiger partial charge in [-0.1, -0.05) is 49.1 Å². The summed E-state index contributed by atoms with van der Waals surface area (Å²) in [5.74, 6) is -0.657. The van der Waals surface area contributed by atoms with E-state index in [0.717, 1.165) is 24.0 Å². The number of benzene rings is 2. The minimum Gasteiger partial charge on any atom is -0.444 e. The summed E-state index contributed by atoms with van der Waals surface area (Å²) in [4.78, 5) is 40.7. The molecule has 0 spiro atoms. The Morgan fingerprint density at radius 1 is 1.15 bits per heavy atom. The lowest BCUT2D eigenvalue weighted by molar-refractivity contribution is -0.138. The van der Waals surface area contributed by atoms with Crippen LogP contribution in [0.5, 0.6) is 0 Å². The minimum atomic E-state index is -0.861. The molecule has 0 saturated heterocycles. The molecule has 1 atom stereocenters. The second kappa shape index (κ2) is 10.5. The molecule has 0 aliphatic heterocycles. The zero-order chi connectivity index (χ0) is 24.9. The van der Waals surface area contributed by atoms with E-state index < -0.39 is 17.7 Å². The molecule has 0 bridgehead atoms. The van der Waals surface area contributed by atoms with Crippen molar-refractivity contribution < 1.29 is 19.1 Å². The van der Waals surface area contributed by atoms with E-state index in [1.807, 2.05) is 55.5 Å². The number of anilines is 1. The lowest BCUT2D eigenvalue weighted by Gasteiger charge is -2.32. The van der Waals surface area contributed by atoms with Gasteiger partial charge in [-0.05, 0) is 69.4 Å². The van der Waals surface area contributed by atoms with Crippen molar-refractivity contribution in [1.29, 1.82) is 0 Å². The SMILES string of the molecule is C=Cc1cccc(C(C(=O)Nc2ccccc2C)N(C(=O)CNC(=O)OC(C)(C)C)C2CC2)c1. The number of amides is 3. The molecule has 1 unspecified atom stereocenters. The number of carbonyl (C=O) groups is 3. The Hall–Kier alpha value is -3.61. The highest BCUT2D eigenvalue weighted by Gasteiger charge is 2.41. The van der Waals surface area contributed by atoms with Crippen molar-refractivity contribution >= 4 is 29.7 Å². The third-order valence-corrected chi connectivity index (χ3v) is 5.40. The molecule has 0 radical (unpaired) electrons. The fourth-order valence-corrected chi connectivity index (χ4v) is 3.67. The summed E-state index contributed by atoms with van der Waals surface area (Å²) >= 11 is 0. The van der Waals surface area contributed by atoms with Crippen LogP contribution in [0.3, 0.4) is 0 Å². The molecule has 0 aromatic heterocycles. The number of alkyl carbamates (subject to hydrolysis) is 1. The highest BCUT2D eigenvalue weighted by Crippen LogP contribution is 2.36. The second-order valence-electron chi connectivity index (χ2n) is 9.47. The van der Waals surface area contributed by atoms with Gasteiger partial charge in [0.25, 0.3) is 5.91 Å². The maximum Gasteiger partial charge on any atom is 0.408 e. The lowest BCUT2D eigenvalue weighted by Crippen LogP contribution is -2.47. The predicted molar refractivity (Wildman–Crippen MR) is 133 cm³/mol. The standard InChI is InChI=1S/C27H33N3O4/c1-6-19-11-9-12-20(16-19)24(25(32)29-22-13-8-7-10-18(22)2)30(21-14-15-21)23(31)17-28-26(33)34-27(3,4)5/h6-13,16,21,24H,1,14-15,17H2,2-5H3,(H,28,33)(H,29,32). The lowest BCUT2D eigenvalue weighted by atomic mass is 10.0. The van der Waals surface area contributed by atoms with Gasteiger partial charge in [-0.25, -0.2) is 4.79 Å². The maximum atomic E-state index is 13.6. The van der Waals surface area contributed by atoms with Gasteiger partial charge in [-0.2, -0.15) is 0 Å². The molecule has 0 heterocycles. The number of nitrogens with zero attached hydrogens (tertiary/aromatic N) is 1. The van der Waals surface area contributed by atoms with Gasteiger partial charge >= 0.3 is 6.09 Å². The molecule has 1 aliphatic carbocycles. The first-order valence-corrected chi connectivity index (χ1v) is 11.5. The highest BCUT2D eigenvalue weighted by molar-refractivity contribution is 5.99. The van der Waals surface area contributed by atoms with Gasteiger partial charge in [0.05, 0.1) is 0 Å². The third kappa shape index (κ3) is 6.70. The molecular formula is C27H33N3O4. The number of para-hydroxylation sites is 1. The fraction of sp³-hybridized carbons (Fsp3) is 0.370. The maximum absolute atomic E-state index is 13.6. The summed E-state index contributed by atoms with van der Waals surface area (Å²) in [6.07, 6.45) is 2.62. The first-order chi connectivity index (χ1) is 16.1. The summed E-state index contributed by atoms with van der Waals surface area (Å²) in [6.45, 7) is 10.7. The van der Waals surface area contributed by atoms with Gasteiger partial charge in [0.15, 0.2) is 0 Å². The van der Waals surface area contributed by atoms with Gasteiger partial charge in [-0.15, -0.1) is 0 Å². The van der Waals surface area contributed by atoms with Crippen molar-refractivity contribution in [2.75, 3.05) is 11.9 Å². The Bertz CT molecular complexity index is 1070. The highest BCUT2D eigenvalue weighted by atomic mass is 16.6. The molecular weight excluding hydrogens is 430 g/mol. The molecule has 2 aromatic carbocycles. The number of nitrogens with one attached hydrogen (secondary N) is 2. The molecule has 2 N–H and O–H groups in total. The third-order valence-electron chi connectivity index (χ3n) is 5.40. The van der Waals surface area contributed by atoms with Crippen molar-refractivity contribution in [3.8, 4) is 0 Å². The summed E-state index contributed by atoms with van der Waals surface area (Å²) in [5, 5.41) is 5.52. The van der Waals surface area contributed by atoms with Crippen LogP contribution in [0.15, 0.2) is 55.1 Å². The van der Waals surface area contributed by atoms with E-state index in [4.69, 9.17) is 4.74 Å². The Labute approximate surface area is 201 Å². The predicted octanol–water partition coefficient (Wildman–Crippen LogP) is 4.83. The normalized spacial score (nSPS) is 14.0. The van der Waals surface area contributed by atoms with Crippen LogP contribution >= 0.6 is 0 Å². The van der Waals surface area contributed by atoms with Gasteiger partial charge in [-0.3, -0.25) is 9.59 Å². The Morgan fingerprint density at radius 2 is 1.85 bits per heavy atom. The number of aryl methyl sites for hydroxylation is 1. The largest absolute Gasteiger partial charge is 0.444 e. The van der Waals surface area contributed by atoms with Crippen LogP contribution in [-0.4, -0.2) is 41.0 Å². The van der Waals surface area contributed by atoms with E-state index in [1.165, 1.54) is 0 Å². The quantitative estimate of drug-likeness (QED) is 0.587. The molecule has 180 valence electrons. The van der Waals surface area contributed by atoms with Gasteiger partial charge in [0.1, 0.15) is 18.2 Å². The number of hydrogen-bond donors (Lipinski definition) is 2. The molecule has 34 heavy (non-hydrogen) atoms. The fourth-order valence-electron chi connectivity index (χ4n) is 3.67. The van der Waals surface area contributed by atoms with E-state index in [9.17, 15) is 14.4 Å². The van der Waals surface area contributed by atoms with E-state index in [2.05, 4.69) is 17.2 Å². The number of rotatable bonds is 8. The second-order valence-corrected chi connectivity index (χ2v) is 9.47. The van der Waals surface area contributed by atoms with Crippen molar-refractivity contribution in [2.45, 2.75) is 58.2 Å². The molecule has 3 amide bonds. The summed E-state index contributed by atoms with van der Waals surface area (Å²) in [6, 6.07) is 14.0. The molecule has 2 aromatic rings. The van der Waals surface area contributed by atoms with Gasteiger partial charge < -0.3 is 20.3 Å². The van der Waals surface area contributed by atoms with Crippen LogP contribution in [-0.2, 0) is 14.3 Å². The average Bonchev–Trinajstić information content (AvgIpc) is 3.61. The number of carbonyl (C=O) groups excluding carboxylic acids is 3. The van der Waals surface area contributed by atoms with Crippen LogP contribution in [0.1, 0.15) is 56.3 Å². The average molecular weight is 464 g/mol. The van der Waals surface area contributed by atoms with Crippen molar-refractivity contribution in [2.24, 2.45) is 0 Å². The molecule has 1 fully saturated rings. The Morgan fingerprint density at radius 3 is 2.47 bits per heavy atom. The smallest absolute Gasteiger partial charge is 0.408 e. The molecule has 3 rings (SSSR count). The first kappa shape index (κ1) is 25.0. The topological polar surface area (TPSA) is 87.7 Å². The molecule has 1 saturated carbocycles. The van der Waals surface area contributed by atoms with Crippen LogP contribution < -0.4 is 10.6 Å². The van der Waals surface area contributed by atoms with Gasteiger partial charge in [0, 0.05) is 11.7 Å². The Kier molecular flexibility index (Phi) is 7.76. The summed E-state index contributed by atoms with van der Waals surface area (Å²) in [5.41, 5.74) is 2.46. The monoisotopic (exact) mass is 463 g/mol. The first-order valence-electron chi connectivity index (χ1n) is 11.5. The van der Waals surface area contributed by atoms with E-state index >= 15 is 0 Å². The van der Waals surface area contributed by atoms with E-state index in [1.54, 1.807) is 31.7 Å². The van der Waals surface area contributed by atoms with Crippen molar-refractivity contribution in [3.05, 3.63) is 71.8 Å². The summed E-state index contributed by atoms with van der Waals surface area (Å²) in [7, 11) is 0. The van der Waals surface area contributed by atoms with Gasteiger partial charge in [0.2, 0.25) is 5.91 Å². The van der Waals surface area contributed by atoms with Crippen molar-refractivity contribution in [3.63, 3.8) is 0 Å². The van der Waals surface area contributed by atoms with Crippen LogP contribution in [0.25, 0.3) is 6.08 Å². The Balaban J connectivity index is 1.89. The van der Waals surface area contributed by atoms with E-state index in [0.29, 0.717) is 11.3 Å². The van der Waals surface area contributed by atoms with Crippen molar-refractivity contribution in [1.82, 2.24) is 10.2 Å². The molecule has 7 nitrogen and oxygen atoms in total. The minimum absolute atomic E-state index is 0.0760. The summed E-state index contributed by atoms with van der Waals surface area (Å²) < 4.78 is 5.25. The van der Waals surface area contributed by atoms with Crippen LogP contribution in [0, 0.1) is 6.92 Å². The molecule has 1 aliphatic rings. The zero-order valence-electron chi connectivity index (χ0n) is 20.3. The van der Waals surface area contributed by atoms with Crippen LogP contribution in [0.2, 0.25) is 0 Å². The van der Waals surface area contributed by atoms with Crippen LogP contribution in [0.4, 0.5) is 10.5 Å². The van der Waals surface area contributed by atoms with E-state index in [-0.39, 0.29) is 24.4 Å². The number of hydrogen-bond acceptors (Lipinski definition) is 4. The molecule has 7 heteroatoms.